The quantitative estimate of drug-likeness (QED) is 0.383. The van der Waals surface area contributed by atoms with E-state index in [2.05, 4.69) is 20.0 Å². The van der Waals surface area contributed by atoms with Gasteiger partial charge in [-0.1, -0.05) is 5.16 Å². The van der Waals surface area contributed by atoms with E-state index in [9.17, 15) is 4.79 Å². The number of morpholine rings is 1. The molecule has 2 aliphatic rings. The van der Waals surface area contributed by atoms with Crippen molar-refractivity contribution in [2.24, 2.45) is 5.16 Å². The SMILES string of the molecule is Nc1ncnc(N2CCN(C(=O)O)CC2)c1/C=N/OCCN1CCOCC1. The summed E-state index contributed by atoms with van der Waals surface area (Å²) in [5.74, 6) is 0.939. The highest BCUT2D eigenvalue weighted by Gasteiger charge is 2.23. The fourth-order valence-electron chi connectivity index (χ4n) is 3.02. The molecule has 2 aliphatic heterocycles. The van der Waals surface area contributed by atoms with Gasteiger partial charge in [0.2, 0.25) is 0 Å². The van der Waals surface area contributed by atoms with Crippen molar-refractivity contribution in [1.82, 2.24) is 19.8 Å². The van der Waals surface area contributed by atoms with Crippen LogP contribution >= 0.6 is 0 Å². The lowest BCUT2D eigenvalue weighted by molar-refractivity contribution is 0.0214. The van der Waals surface area contributed by atoms with Crippen LogP contribution in [0.2, 0.25) is 0 Å². The zero-order valence-electron chi connectivity index (χ0n) is 15.2. The van der Waals surface area contributed by atoms with Crippen LogP contribution in [0.5, 0.6) is 0 Å². The number of nitrogen functional groups attached to an aromatic ring is 1. The van der Waals surface area contributed by atoms with Gasteiger partial charge in [-0.05, 0) is 0 Å². The van der Waals surface area contributed by atoms with Gasteiger partial charge in [-0.15, -0.1) is 0 Å². The van der Waals surface area contributed by atoms with Gasteiger partial charge in [0.05, 0.1) is 25.0 Å². The predicted molar refractivity (Wildman–Crippen MR) is 99.1 cm³/mol. The van der Waals surface area contributed by atoms with Gasteiger partial charge in [-0.25, -0.2) is 14.8 Å². The molecule has 2 saturated heterocycles. The molecule has 0 atom stereocenters. The number of rotatable bonds is 6. The first-order valence-electron chi connectivity index (χ1n) is 8.94. The van der Waals surface area contributed by atoms with Crippen LogP contribution in [0.4, 0.5) is 16.4 Å². The van der Waals surface area contributed by atoms with Crippen molar-refractivity contribution in [3.05, 3.63) is 11.9 Å². The Morgan fingerprint density at radius 1 is 1.26 bits per heavy atom. The molecule has 3 N–H and O–H groups in total. The molecule has 0 saturated carbocycles. The molecule has 1 amide bonds. The van der Waals surface area contributed by atoms with Gasteiger partial charge in [-0.2, -0.15) is 0 Å². The summed E-state index contributed by atoms with van der Waals surface area (Å²) in [5.41, 5.74) is 6.56. The molecule has 3 heterocycles. The summed E-state index contributed by atoms with van der Waals surface area (Å²) < 4.78 is 5.31. The third kappa shape index (κ3) is 5.17. The number of aromatic nitrogens is 2. The number of nitrogens with two attached hydrogens (primary N) is 1. The lowest BCUT2D eigenvalue weighted by Crippen LogP contribution is -2.48. The molecular weight excluding hydrogens is 354 g/mol. The van der Waals surface area contributed by atoms with Gasteiger partial charge in [0.25, 0.3) is 0 Å². The first-order chi connectivity index (χ1) is 13.1. The zero-order valence-corrected chi connectivity index (χ0v) is 15.2. The molecule has 0 radical (unpaired) electrons. The molecule has 148 valence electrons. The average molecular weight is 379 g/mol. The minimum atomic E-state index is -0.910. The third-order valence-electron chi connectivity index (χ3n) is 4.60. The Hall–Kier alpha value is -2.66. The van der Waals surface area contributed by atoms with Crippen LogP contribution in [0.25, 0.3) is 0 Å². The summed E-state index contributed by atoms with van der Waals surface area (Å²) in [6, 6.07) is 0. The fourth-order valence-corrected chi connectivity index (χ4v) is 3.02. The highest BCUT2D eigenvalue weighted by atomic mass is 16.6. The number of piperazine rings is 1. The van der Waals surface area contributed by atoms with E-state index in [-0.39, 0.29) is 0 Å². The standard InChI is InChI=1S/C16H25N7O4/c17-14-13(11-20-27-10-7-21-5-8-26-9-6-21)15(19-12-18-14)22-1-3-23(4-2-22)16(24)25/h11-12H,1-10H2,(H,24,25)(H2,17,18,19)/b20-11+. The Morgan fingerprint density at radius 2 is 2.00 bits per heavy atom. The summed E-state index contributed by atoms with van der Waals surface area (Å²) in [4.78, 5) is 30.3. The van der Waals surface area contributed by atoms with Gasteiger partial charge >= 0.3 is 6.09 Å². The molecular formula is C16H25N7O4. The van der Waals surface area contributed by atoms with Crippen LogP contribution in [0, 0.1) is 0 Å². The number of nitrogens with zero attached hydrogens (tertiary/aromatic N) is 6. The van der Waals surface area contributed by atoms with Crippen molar-refractivity contribution in [2.45, 2.75) is 0 Å². The highest BCUT2D eigenvalue weighted by Crippen LogP contribution is 2.21. The molecule has 0 unspecified atom stereocenters. The Morgan fingerprint density at radius 3 is 2.70 bits per heavy atom. The van der Waals surface area contributed by atoms with Crippen molar-refractivity contribution < 1.29 is 19.5 Å². The Balaban J connectivity index is 1.56. The largest absolute Gasteiger partial charge is 0.465 e. The van der Waals surface area contributed by atoms with Crippen LogP contribution in [0.15, 0.2) is 11.5 Å². The molecule has 2 fully saturated rings. The van der Waals surface area contributed by atoms with E-state index in [1.165, 1.54) is 17.4 Å². The van der Waals surface area contributed by atoms with E-state index >= 15 is 0 Å². The van der Waals surface area contributed by atoms with Crippen molar-refractivity contribution in [1.29, 1.82) is 0 Å². The smallest absolute Gasteiger partial charge is 0.407 e. The molecule has 11 heteroatoms. The van der Waals surface area contributed by atoms with Crippen LogP contribution in [0.1, 0.15) is 5.56 Å². The lowest BCUT2D eigenvalue weighted by atomic mass is 10.2. The molecule has 0 aromatic carbocycles. The number of hydrogen-bond acceptors (Lipinski definition) is 9. The van der Waals surface area contributed by atoms with Crippen molar-refractivity contribution >= 4 is 23.9 Å². The second-order valence-electron chi connectivity index (χ2n) is 6.27. The average Bonchev–Trinajstić information content (AvgIpc) is 2.69. The van der Waals surface area contributed by atoms with E-state index < -0.39 is 6.09 Å². The molecule has 0 bridgehead atoms. The minimum Gasteiger partial charge on any atom is -0.465 e. The normalized spacial score (nSPS) is 18.8. The molecule has 27 heavy (non-hydrogen) atoms. The lowest BCUT2D eigenvalue weighted by Gasteiger charge is -2.34. The Labute approximate surface area is 157 Å². The number of carboxylic acid groups (broad SMARTS) is 1. The molecule has 0 aliphatic carbocycles. The first kappa shape index (κ1) is 19.1. The van der Waals surface area contributed by atoms with Crippen molar-refractivity contribution in [2.75, 3.05) is 76.3 Å². The fraction of sp³-hybridized carbons (Fsp3) is 0.625. The van der Waals surface area contributed by atoms with Gasteiger partial charge < -0.3 is 30.2 Å². The number of hydrogen-bond donors (Lipinski definition) is 2. The second-order valence-corrected chi connectivity index (χ2v) is 6.27. The number of ether oxygens (including phenoxy) is 1. The van der Waals surface area contributed by atoms with Gasteiger partial charge in [-0.3, -0.25) is 4.90 Å². The van der Waals surface area contributed by atoms with Gasteiger partial charge in [0, 0.05) is 45.8 Å². The maximum Gasteiger partial charge on any atom is 0.407 e. The maximum absolute atomic E-state index is 11.0. The van der Waals surface area contributed by atoms with Crippen LogP contribution < -0.4 is 10.6 Å². The summed E-state index contributed by atoms with van der Waals surface area (Å²) in [6.07, 6.45) is 2.01. The maximum atomic E-state index is 11.0. The van der Waals surface area contributed by atoms with Crippen molar-refractivity contribution in [3.63, 3.8) is 0 Å². The van der Waals surface area contributed by atoms with Crippen molar-refractivity contribution in [3.8, 4) is 0 Å². The minimum absolute atomic E-state index is 0.307. The highest BCUT2D eigenvalue weighted by molar-refractivity contribution is 5.91. The summed E-state index contributed by atoms with van der Waals surface area (Å²) in [7, 11) is 0. The van der Waals surface area contributed by atoms with E-state index in [0.717, 1.165) is 32.8 Å². The van der Waals surface area contributed by atoms with Crippen LogP contribution in [-0.2, 0) is 9.57 Å². The van der Waals surface area contributed by atoms with Crippen LogP contribution in [0.3, 0.4) is 0 Å². The second kappa shape index (κ2) is 9.33. The topological polar surface area (TPSA) is 130 Å². The number of oxime groups is 1. The summed E-state index contributed by atoms with van der Waals surface area (Å²) in [5, 5.41) is 13.1. The number of anilines is 2. The van der Waals surface area contributed by atoms with E-state index in [1.54, 1.807) is 0 Å². The Kier molecular flexibility index (Phi) is 6.60. The van der Waals surface area contributed by atoms with Gasteiger partial charge in [0.1, 0.15) is 24.6 Å². The number of carbonyl (C=O) groups is 1. The molecule has 1 aromatic rings. The first-order valence-corrected chi connectivity index (χ1v) is 8.94. The monoisotopic (exact) mass is 379 g/mol. The Bertz CT molecular complexity index is 658. The summed E-state index contributed by atoms with van der Waals surface area (Å²) in [6.45, 7) is 6.43. The molecule has 3 rings (SSSR count). The summed E-state index contributed by atoms with van der Waals surface area (Å²) >= 11 is 0. The molecule has 1 aromatic heterocycles. The van der Waals surface area contributed by atoms with E-state index in [1.807, 2.05) is 4.90 Å². The third-order valence-corrected chi connectivity index (χ3v) is 4.60. The molecule has 0 spiro atoms. The number of amides is 1. The molecule has 11 nitrogen and oxygen atoms in total. The zero-order chi connectivity index (χ0) is 19.1. The predicted octanol–water partition coefficient (Wildman–Crippen LogP) is -0.458. The van der Waals surface area contributed by atoms with E-state index in [0.29, 0.717) is 50.0 Å². The van der Waals surface area contributed by atoms with Gasteiger partial charge in [0.15, 0.2) is 0 Å². The van der Waals surface area contributed by atoms with E-state index in [4.69, 9.17) is 20.4 Å². The van der Waals surface area contributed by atoms with Crippen LogP contribution in [-0.4, -0.2) is 103 Å².